The minimum atomic E-state index is -0.394. The Kier molecular flexibility index (Phi) is 4.34. The van der Waals surface area contributed by atoms with E-state index in [4.69, 9.17) is 4.74 Å². The van der Waals surface area contributed by atoms with Crippen molar-refractivity contribution in [2.24, 2.45) is 0 Å². The number of halogens is 1. The summed E-state index contributed by atoms with van der Waals surface area (Å²) >= 11 is 0. The van der Waals surface area contributed by atoms with E-state index in [1.807, 2.05) is 30.3 Å². The van der Waals surface area contributed by atoms with Gasteiger partial charge >= 0.3 is 0 Å². The number of anilines is 1. The van der Waals surface area contributed by atoms with Crippen LogP contribution in [0.4, 0.5) is 10.1 Å². The van der Waals surface area contributed by atoms with Gasteiger partial charge in [0, 0.05) is 11.3 Å². The summed E-state index contributed by atoms with van der Waals surface area (Å²) in [5.41, 5.74) is 0.884. The molecule has 114 valence electrons. The standard InChI is InChI=1S/C19H14FNO2/c20-15-5-4-6-16(13-15)21-19(22)14-9-11-18(12-10-14)23-17-7-2-1-3-8-17/h1-13H,(H,21,22). The minimum absolute atomic E-state index is 0.304. The molecule has 3 aromatic rings. The van der Waals surface area contributed by atoms with E-state index in [1.54, 1.807) is 36.4 Å². The summed E-state index contributed by atoms with van der Waals surface area (Å²) in [4.78, 5) is 12.1. The number of nitrogens with one attached hydrogen (secondary N) is 1. The van der Waals surface area contributed by atoms with E-state index in [1.165, 1.54) is 12.1 Å². The molecular weight excluding hydrogens is 293 g/mol. The first-order valence-corrected chi connectivity index (χ1v) is 7.10. The molecule has 0 spiro atoms. The highest BCUT2D eigenvalue weighted by Gasteiger charge is 2.07. The molecule has 0 fully saturated rings. The Balaban J connectivity index is 1.68. The van der Waals surface area contributed by atoms with E-state index < -0.39 is 5.82 Å². The molecule has 23 heavy (non-hydrogen) atoms. The maximum Gasteiger partial charge on any atom is 0.255 e. The fourth-order valence-corrected chi connectivity index (χ4v) is 2.07. The Morgan fingerprint density at radius 1 is 0.826 bits per heavy atom. The van der Waals surface area contributed by atoms with E-state index in [-0.39, 0.29) is 5.91 Å². The minimum Gasteiger partial charge on any atom is -0.457 e. The first-order valence-electron chi connectivity index (χ1n) is 7.10. The molecule has 0 bridgehead atoms. The quantitative estimate of drug-likeness (QED) is 0.746. The van der Waals surface area contributed by atoms with Gasteiger partial charge in [0.1, 0.15) is 17.3 Å². The van der Waals surface area contributed by atoms with Crippen LogP contribution in [0.2, 0.25) is 0 Å². The topological polar surface area (TPSA) is 38.3 Å². The lowest BCUT2D eigenvalue weighted by atomic mass is 10.2. The number of amides is 1. The number of carbonyl (C=O) groups is 1. The van der Waals surface area contributed by atoms with Gasteiger partial charge in [-0.2, -0.15) is 0 Å². The summed E-state index contributed by atoms with van der Waals surface area (Å²) < 4.78 is 18.8. The molecular formula is C19H14FNO2. The van der Waals surface area contributed by atoms with Crippen molar-refractivity contribution < 1.29 is 13.9 Å². The fourth-order valence-electron chi connectivity index (χ4n) is 2.07. The molecule has 3 nitrogen and oxygen atoms in total. The third-order valence-electron chi connectivity index (χ3n) is 3.18. The number of hydrogen-bond donors (Lipinski definition) is 1. The molecule has 0 saturated heterocycles. The van der Waals surface area contributed by atoms with Gasteiger partial charge in [-0.3, -0.25) is 4.79 Å². The normalized spacial score (nSPS) is 10.1. The van der Waals surface area contributed by atoms with Gasteiger partial charge < -0.3 is 10.1 Å². The molecule has 4 heteroatoms. The van der Waals surface area contributed by atoms with E-state index in [2.05, 4.69) is 5.32 Å². The van der Waals surface area contributed by atoms with Gasteiger partial charge in [-0.15, -0.1) is 0 Å². The predicted molar refractivity (Wildman–Crippen MR) is 87.3 cm³/mol. The number of ether oxygens (including phenoxy) is 1. The third kappa shape index (κ3) is 3.95. The van der Waals surface area contributed by atoms with E-state index >= 15 is 0 Å². The third-order valence-corrected chi connectivity index (χ3v) is 3.18. The van der Waals surface area contributed by atoms with Crippen LogP contribution in [0.15, 0.2) is 78.9 Å². The van der Waals surface area contributed by atoms with Crippen LogP contribution in [-0.2, 0) is 0 Å². The molecule has 3 aromatic carbocycles. The highest BCUT2D eigenvalue weighted by Crippen LogP contribution is 2.21. The molecule has 1 amide bonds. The van der Waals surface area contributed by atoms with Crippen molar-refractivity contribution in [2.45, 2.75) is 0 Å². The molecule has 0 aliphatic rings. The fraction of sp³-hybridized carbons (Fsp3) is 0. The van der Waals surface area contributed by atoms with Crippen molar-refractivity contribution in [1.82, 2.24) is 0 Å². The Morgan fingerprint density at radius 2 is 1.52 bits per heavy atom. The first-order chi connectivity index (χ1) is 11.2. The first kappa shape index (κ1) is 14.8. The van der Waals surface area contributed by atoms with Crippen LogP contribution in [0.3, 0.4) is 0 Å². The summed E-state index contributed by atoms with van der Waals surface area (Å²) in [6.07, 6.45) is 0. The molecule has 0 unspecified atom stereocenters. The van der Waals surface area contributed by atoms with Crippen LogP contribution in [0.1, 0.15) is 10.4 Å². The molecule has 0 heterocycles. The number of rotatable bonds is 4. The van der Waals surface area contributed by atoms with Gasteiger partial charge in [-0.25, -0.2) is 4.39 Å². The number of hydrogen-bond acceptors (Lipinski definition) is 2. The maximum absolute atomic E-state index is 13.1. The van der Waals surface area contributed by atoms with Crippen LogP contribution in [0, 0.1) is 5.82 Å². The predicted octanol–water partition coefficient (Wildman–Crippen LogP) is 4.87. The summed E-state index contributed by atoms with van der Waals surface area (Å²) in [5, 5.41) is 2.65. The van der Waals surface area contributed by atoms with Gasteiger partial charge in [-0.1, -0.05) is 24.3 Å². The van der Waals surface area contributed by atoms with Gasteiger partial charge in [0.15, 0.2) is 0 Å². The lowest BCUT2D eigenvalue weighted by Gasteiger charge is -2.08. The lowest BCUT2D eigenvalue weighted by molar-refractivity contribution is 0.102. The van der Waals surface area contributed by atoms with Gasteiger partial charge in [0.2, 0.25) is 0 Å². The number of para-hydroxylation sites is 1. The van der Waals surface area contributed by atoms with E-state index in [0.717, 1.165) is 5.75 Å². The number of benzene rings is 3. The van der Waals surface area contributed by atoms with Crippen LogP contribution in [0.25, 0.3) is 0 Å². The van der Waals surface area contributed by atoms with Crippen molar-refractivity contribution in [2.75, 3.05) is 5.32 Å². The molecule has 1 N–H and O–H groups in total. The zero-order chi connectivity index (χ0) is 16.1. The van der Waals surface area contributed by atoms with E-state index in [0.29, 0.717) is 17.0 Å². The highest BCUT2D eigenvalue weighted by molar-refractivity contribution is 6.04. The summed E-state index contributed by atoms with van der Waals surface area (Å²) in [6, 6.07) is 21.9. The Labute approximate surface area is 133 Å². The van der Waals surface area contributed by atoms with Crippen LogP contribution >= 0.6 is 0 Å². The smallest absolute Gasteiger partial charge is 0.255 e. The SMILES string of the molecule is O=C(Nc1cccc(F)c1)c1ccc(Oc2ccccc2)cc1. The second-order valence-corrected chi connectivity index (χ2v) is 4.90. The Bertz CT molecular complexity index is 801. The van der Waals surface area contributed by atoms with Crippen molar-refractivity contribution in [1.29, 1.82) is 0 Å². The van der Waals surface area contributed by atoms with E-state index in [9.17, 15) is 9.18 Å². The molecule has 0 atom stereocenters. The zero-order valence-corrected chi connectivity index (χ0v) is 12.2. The monoisotopic (exact) mass is 307 g/mol. The Hall–Kier alpha value is -3.14. The van der Waals surface area contributed by atoms with Crippen LogP contribution in [-0.4, -0.2) is 5.91 Å². The van der Waals surface area contributed by atoms with Crippen LogP contribution in [0.5, 0.6) is 11.5 Å². The molecule has 0 aromatic heterocycles. The lowest BCUT2D eigenvalue weighted by Crippen LogP contribution is -2.11. The van der Waals surface area contributed by atoms with Crippen molar-refractivity contribution in [3.05, 3.63) is 90.2 Å². The molecule has 3 rings (SSSR count). The summed E-state index contributed by atoms with van der Waals surface area (Å²) in [7, 11) is 0. The highest BCUT2D eigenvalue weighted by atomic mass is 19.1. The Morgan fingerprint density at radius 3 is 2.22 bits per heavy atom. The van der Waals surface area contributed by atoms with Crippen molar-refractivity contribution >= 4 is 11.6 Å². The largest absolute Gasteiger partial charge is 0.457 e. The summed E-state index contributed by atoms with van der Waals surface area (Å²) in [5.74, 6) is 0.666. The maximum atomic E-state index is 13.1. The average molecular weight is 307 g/mol. The second kappa shape index (κ2) is 6.75. The molecule has 0 aliphatic carbocycles. The van der Waals surface area contributed by atoms with Crippen molar-refractivity contribution in [3.8, 4) is 11.5 Å². The van der Waals surface area contributed by atoms with Gasteiger partial charge in [0.25, 0.3) is 5.91 Å². The number of carbonyl (C=O) groups excluding carboxylic acids is 1. The van der Waals surface area contributed by atoms with Crippen molar-refractivity contribution in [3.63, 3.8) is 0 Å². The second-order valence-electron chi connectivity index (χ2n) is 4.90. The van der Waals surface area contributed by atoms with Gasteiger partial charge in [-0.05, 0) is 54.6 Å². The molecule has 0 aliphatic heterocycles. The summed E-state index contributed by atoms with van der Waals surface area (Å²) in [6.45, 7) is 0. The van der Waals surface area contributed by atoms with Gasteiger partial charge in [0.05, 0.1) is 0 Å². The molecule has 0 saturated carbocycles. The van der Waals surface area contributed by atoms with Crippen LogP contribution < -0.4 is 10.1 Å². The zero-order valence-electron chi connectivity index (χ0n) is 12.2. The average Bonchev–Trinajstić information content (AvgIpc) is 2.56. The molecule has 0 radical (unpaired) electrons.